The van der Waals surface area contributed by atoms with Crippen LogP contribution in [-0.2, 0) is 11.2 Å². The van der Waals surface area contributed by atoms with Crippen LogP contribution < -0.4 is 0 Å². The molecule has 0 N–H and O–H groups in total. The molecule has 0 bridgehead atoms. The molecule has 25 heavy (non-hydrogen) atoms. The minimum absolute atomic E-state index is 0.278. The number of hydrogen-bond acceptors (Lipinski definition) is 4. The van der Waals surface area contributed by atoms with E-state index in [-0.39, 0.29) is 5.91 Å². The number of carbonyl (C=O) groups excluding carboxylic acids is 1. The Morgan fingerprint density at radius 1 is 1.28 bits per heavy atom. The van der Waals surface area contributed by atoms with E-state index in [1.165, 1.54) is 15.3 Å². The largest absolute Gasteiger partial charge is 0.343 e. The van der Waals surface area contributed by atoms with Crippen molar-refractivity contribution in [2.24, 2.45) is 0 Å². The Morgan fingerprint density at radius 3 is 2.88 bits per heavy atom. The zero-order valence-corrected chi connectivity index (χ0v) is 16.2. The lowest BCUT2D eigenvalue weighted by atomic mass is 9.97. The fourth-order valence-electron chi connectivity index (χ4n) is 3.31. The Hall–Kier alpha value is -1.43. The second kappa shape index (κ2) is 7.44. The predicted molar refractivity (Wildman–Crippen MR) is 106 cm³/mol. The second-order valence-corrected chi connectivity index (χ2v) is 8.73. The molecule has 1 aliphatic rings. The lowest BCUT2D eigenvalue weighted by molar-refractivity contribution is -0.132. The van der Waals surface area contributed by atoms with E-state index in [2.05, 4.69) is 16.8 Å². The first-order valence-electron chi connectivity index (χ1n) is 8.54. The third-order valence-corrected chi connectivity index (χ3v) is 6.94. The summed E-state index contributed by atoms with van der Waals surface area (Å²) in [5.41, 5.74) is 2.25. The molecule has 2 aromatic heterocycles. The molecule has 4 rings (SSSR count). The maximum atomic E-state index is 12.4. The molecule has 0 aliphatic carbocycles. The van der Waals surface area contributed by atoms with Crippen LogP contribution in [0.2, 0.25) is 5.02 Å². The molecule has 0 atom stereocenters. The van der Waals surface area contributed by atoms with E-state index in [4.69, 9.17) is 16.6 Å². The van der Waals surface area contributed by atoms with Gasteiger partial charge in [0.25, 0.3) is 0 Å². The van der Waals surface area contributed by atoms with E-state index in [1.807, 2.05) is 23.1 Å². The van der Waals surface area contributed by atoms with E-state index in [9.17, 15) is 4.79 Å². The van der Waals surface area contributed by atoms with Crippen LogP contribution in [0.15, 0.2) is 35.0 Å². The van der Waals surface area contributed by atoms with Gasteiger partial charge in [0.05, 0.1) is 15.2 Å². The number of aromatic nitrogens is 1. The Labute approximate surface area is 160 Å². The molecule has 3 nitrogen and oxygen atoms in total. The minimum atomic E-state index is 0.278. The van der Waals surface area contributed by atoms with Crippen molar-refractivity contribution in [2.45, 2.75) is 31.6 Å². The normalized spacial score (nSPS) is 15.8. The third-order valence-electron chi connectivity index (χ3n) is 4.77. The molecule has 6 heteroatoms. The van der Waals surface area contributed by atoms with Gasteiger partial charge in [-0.15, -0.1) is 11.3 Å². The molecule has 3 aromatic rings. The summed E-state index contributed by atoms with van der Waals surface area (Å²) in [5.74, 6) is 0.734. The second-order valence-electron chi connectivity index (χ2n) is 6.45. The number of halogens is 1. The summed E-state index contributed by atoms with van der Waals surface area (Å²) in [5, 5.41) is 6.10. The fraction of sp³-hybridized carbons (Fsp3) is 0.368. The highest BCUT2D eigenvalue weighted by Gasteiger charge is 2.25. The van der Waals surface area contributed by atoms with E-state index < -0.39 is 0 Å². The number of fused-ring (bicyclic) bond motifs is 1. The van der Waals surface area contributed by atoms with Crippen LogP contribution in [0.25, 0.3) is 10.2 Å². The van der Waals surface area contributed by atoms with E-state index in [1.54, 1.807) is 22.7 Å². The first-order chi connectivity index (χ1) is 12.2. The molecule has 0 saturated carbocycles. The van der Waals surface area contributed by atoms with Crippen molar-refractivity contribution in [3.05, 3.63) is 50.6 Å². The smallest absolute Gasteiger partial charge is 0.222 e. The van der Waals surface area contributed by atoms with Crippen LogP contribution in [0.3, 0.4) is 0 Å². The molecule has 1 saturated heterocycles. The Morgan fingerprint density at radius 2 is 2.12 bits per heavy atom. The van der Waals surface area contributed by atoms with Crippen LogP contribution in [0.1, 0.15) is 35.8 Å². The minimum Gasteiger partial charge on any atom is -0.343 e. The number of rotatable bonds is 4. The number of nitrogens with zero attached hydrogens (tertiary/aromatic N) is 2. The molecule has 0 spiro atoms. The van der Waals surface area contributed by atoms with Crippen LogP contribution in [0.5, 0.6) is 0 Å². The standard InChI is InChI=1S/C19H19ClN2OS2/c20-15-2-3-17-16(11-15)21-19(25-17)14-5-8-22(9-6-14)18(23)4-1-13-7-10-24-12-13/h2-3,7,10-12,14H,1,4-6,8-9H2. The number of hydrogen-bond donors (Lipinski definition) is 0. The quantitative estimate of drug-likeness (QED) is 0.601. The number of amides is 1. The van der Waals surface area contributed by atoms with Gasteiger partial charge in [0.1, 0.15) is 0 Å². The van der Waals surface area contributed by atoms with E-state index in [0.717, 1.165) is 42.9 Å². The van der Waals surface area contributed by atoms with Crippen molar-refractivity contribution in [1.29, 1.82) is 0 Å². The number of thiazole rings is 1. The molecule has 130 valence electrons. The highest BCUT2D eigenvalue weighted by Crippen LogP contribution is 2.34. The molecule has 1 amide bonds. The molecule has 1 aromatic carbocycles. The molecule has 0 radical (unpaired) electrons. The van der Waals surface area contributed by atoms with Gasteiger partial charge in [-0.25, -0.2) is 4.98 Å². The van der Waals surface area contributed by atoms with Crippen LogP contribution in [-0.4, -0.2) is 28.9 Å². The summed E-state index contributed by atoms with van der Waals surface area (Å²) in [4.78, 5) is 19.2. The third kappa shape index (κ3) is 3.89. The van der Waals surface area contributed by atoms with Crippen LogP contribution in [0, 0.1) is 0 Å². The van der Waals surface area contributed by atoms with Crippen molar-refractivity contribution >= 4 is 50.4 Å². The lowest BCUT2D eigenvalue weighted by Crippen LogP contribution is -2.38. The molecule has 3 heterocycles. The average molecular weight is 391 g/mol. The maximum absolute atomic E-state index is 12.4. The SMILES string of the molecule is O=C(CCc1ccsc1)N1CCC(c2nc3cc(Cl)ccc3s2)CC1. The first-order valence-corrected chi connectivity index (χ1v) is 10.7. The van der Waals surface area contributed by atoms with E-state index >= 15 is 0 Å². The van der Waals surface area contributed by atoms with Gasteiger partial charge in [0.2, 0.25) is 5.91 Å². The zero-order chi connectivity index (χ0) is 17.2. The lowest BCUT2D eigenvalue weighted by Gasteiger charge is -2.31. The fourth-order valence-corrected chi connectivity index (χ4v) is 5.30. The summed E-state index contributed by atoms with van der Waals surface area (Å²) < 4.78 is 1.19. The summed E-state index contributed by atoms with van der Waals surface area (Å²) in [6.45, 7) is 1.67. The summed E-state index contributed by atoms with van der Waals surface area (Å²) >= 11 is 9.50. The van der Waals surface area contributed by atoms with Crippen LogP contribution >= 0.6 is 34.3 Å². The molecule has 1 fully saturated rings. The molecular formula is C19H19ClN2OS2. The van der Waals surface area contributed by atoms with Gasteiger partial charge < -0.3 is 4.90 Å². The Bertz CT molecular complexity index is 867. The predicted octanol–water partition coefficient (Wildman–Crippen LogP) is 5.35. The van der Waals surface area contributed by atoms with Crippen molar-refractivity contribution < 1.29 is 4.79 Å². The molecular weight excluding hydrogens is 372 g/mol. The highest BCUT2D eigenvalue weighted by molar-refractivity contribution is 7.18. The van der Waals surface area contributed by atoms with Gasteiger partial charge in [0, 0.05) is 30.5 Å². The van der Waals surface area contributed by atoms with Crippen LogP contribution in [0.4, 0.5) is 0 Å². The number of likely N-dealkylation sites (tertiary alicyclic amines) is 1. The van der Waals surface area contributed by atoms with Gasteiger partial charge in [-0.1, -0.05) is 11.6 Å². The molecule has 1 aliphatic heterocycles. The molecule has 0 unspecified atom stereocenters. The van der Waals surface area contributed by atoms with Crippen molar-refractivity contribution in [2.75, 3.05) is 13.1 Å². The van der Waals surface area contributed by atoms with Crippen molar-refractivity contribution in [3.63, 3.8) is 0 Å². The Balaban J connectivity index is 1.34. The van der Waals surface area contributed by atoms with Crippen molar-refractivity contribution in [1.82, 2.24) is 9.88 Å². The highest BCUT2D eigenvalue weighted by atomic mass is 35.5. The topological polar surface area (TPSA) is 33.2 Å². The number of piperidine rings is 1. The summed E-state index contributed by atoms with van der Waals surface area (Å²) in [6, 6.07) is 7.99. The number of thiophene rings is 1. The summed E-state index contributed by atoms with van der Waals surface area (Å²) in [6.07, 6.45) is 3.46. The monoisotopic (exact) mass is 390 g/mol. The number of aryl methyl sites for hydroxylation is 1. The van der Waals surface area contributed by atoms with Gasteiger partial charge in [-0.05, 0) is 59.9 Å². The number of carbonyl (C=O) groups is 1. The zero-order valence-electron chi connectivity index (χ0n) is 13.8. The van der Waals surface area contributed by atoms with E-state index in [0.29, 0.717) is 12.3 Å². The van der Waals surface area contributed by atoms with Gasteiger partial charge >= 0.3 is 0 Å². The summed E-state index contributed by atoms with van der Waals surface area (Å²) in [7, 11) is 0. The number of benzene rings is 1. The first kappa shape index (κ1) is 17.0. The van der Waals surface area contributed by atoms with Gasteiger partial charge in [-0.3, -0.25) is 4.79 Å². The van der Waals surface area contributed by atoms with Gasteiger partial charge in [0.15, 0.2) is 0 Å². The van der Waals surface area contributed by atoms with Crippen molar-refractivity contribution in [3.8, 4) is 0 Å². The Kier molecular flexibility index (Phi) is 5.06. The van der Waals surface area contributed by atoms with Gasteiger partial charge in [-0.2, -0.15) is 11.3 Å². The maximum Gasteiger partial charge on any atom is 0.222 e. The average Bonchev–Trinajstić information content (AvgIpc) is 3.29.